The lowest BCUT2D eigenvalue weighted by Crippen LogP contribution is -1.93. The molecule has 0 aliphatic heterocycles. The lowest BCUT2D eigenvalue weighted by atomic mass is 10.1. The number of hydrogen-bond donors (Lipinski definition) is 1. The van der Waals surface area contributed by atoms with Gasteiger partial charge in [0.25, 0.3) is 5.22 Å². The summed E-state index contributed by atoms with van der Waals surface area (Å²) in [4.78, 5) is 0. The maximum absolute atomic E-state index is 13.4. The monoisotopic (exact) mass is 277 g/mol. The SMILES string of the molecule is Cc1nnc(SCc2cc(F)cc(C#CCN)c2)o1. The van der Waals surface area contributed by atoms with Crippen LogP contribution in [0.3, 0.4) is 0 Å². The fourth-order valence-corrected chi connectivity index (χ4v) is 2.18. The first-order chi connectivity index (χ1) is 9.17. The molecule has 1 aromatic heterocycles. The van der Waals surface area contributed by atoms with E-state index in [1.807, 2.05) is 6.07 Å². The van der Waals surface area contributed by atoms with Crippen LogP contribution in [-0.2, 0) is 5.75 Å². The van der Waals surface area contributed by atoms with Crippen LogP contribution in [0.5, 0.6) is 0 Å². The van der Waals surface area contributed by atoms with Crippen molar-refractivity contribution in [3.05, 3.63) is 41.0 Å². The molecular formula is C13H12FN3OS. The van der Waals surface area contributed by atoms with Crippen molar-refractivity contribution in [1.29, 1.82) is 0 Å². The second-order valence-electron chi connectivity index (χ2n) is 3.73. The van der Waals surface area contributed by atoms with E-state index >= 15 is 0 Å². The van der Waals surface area contributed by atoms with Crippen LogP contribution in [0.4, 0.5) is 4.39 Å². The highest BCUT2D eigenvalue weighted by atomic mass is 32.2. The Morgan fingerprint density at radius 1 is 1.37 bits per heavy atom. The van der Waals surface area contributed by atoms with Gasteiger partial charge < -0.3 is 10.2 Å². The van der Waals surface area contributed by atoms with Crippen molar-refractivity contribution in [2.24, 2.45) is 5.73 Å². The molecule has 0 spiro atoms. The minimum absolute atomic E-state index is 0.252. The van der Waals surface area contributed by atoms with Crippen molar-refractivity contribution >= 4 is 11.8 Å². The van der Waals surface area contributed by atoms with Crippen molar-refractivity contribution in [2.75, 3.05) is 6.54 Å². The molecule has 98 valence electrons. The Morgan fingerprint density at radius 3 is 2.89 bits per heavy atom. The second kappa shape index (κ2) is 6.36. The summed E-state index contributed by atoms with van der Waals surface area (Å²) in [6.45, 7) is 1.97. The van der Waals surface area contributed by atoms with Crippen molar-refractivity contribution in [3.63, 3.8) is 0 Å². The largest absolute Gasteiger partial charge is 0.416 e. The van der Waals surface area contributed by atoms with Crippen LogP contribution in [0, 0.1) is 24.6 Å². The van der Waals surface area contributed by atoms with Crippen LogP contribution in [0.15, 0.2) is 27.8 Å². The first-order valence-corrected chi connectivity index (χ1v) is 6.57. The summed E-state index contributed by atoms with van der Waals surface area (Å²) >= 11 is 1.36. The number of nitrogens with two attached hydrogens (primary N) is 1. The standard InChI is InChI=1S/C13H12FN3OS/c1-9-16-17-13(18-9)19-8-11-5-10(3-2-4-15)6-12(14)7-11/h5-7H,4,8,15H2,1H3. The van der Waals surface area contributed by atoms with Crippen molar-refractivity contribution in [3.8, 4) is 11.8 Å². The summed E-state index contributed by atoms with van der Waals surface area (Å²) < 4.78 is 18.7. The highest BCUT2D eigenvalue weighted by Crippen LogP contribution is 2.22. The van der Waals surface area contributed by atoms with Gasteiger partial charge in [-0.3, -0.25) is 0 Å². The van der Waals surface area contributed by atoms with E-state index in [-0.39, 0.29) is 12.4 Å². The molecule has 0 aliphatic carbocycles. The number of rotatable bonds is 3. The van der Waals surface area contributed by atoms with E-state index in [1.54, 1.807) is 6.92 Å². The van der Waals surface area contributed by atoms with Gasteiger partial charge in [0, 0.05) is 18.2 Å². The van der Waals surface area contributed by atoms with E-state index in [2.05, 4.69) is 22.0 Å². The molecule has 0 amide bonds. The molecular weight excluding hydrogens is 265 g/mol. The summed E-state index contributed by atoms with van der Waals surface area (Å²) in [5, 5.41) is 8.06. The van der Waals surface area contributed by atoms with E-state index in [9.17, 15) is 4.39 Å². The summed E-state index contributed by atoms with van der Waals surface area (Å²) in [7, 11) is 0. The smallest absolute Gasteiger partial charge is 0.276 e. The Labute approximate surface area is 114 Å². The number of nitrogens with zero attached hydrogens (tertiary/aromatic N) is 2. The van der Waals surface area contributed by atoms with Gasteiger partial charge in [-0.1, -0.05) is 23.6 Å². The van der Waals surface area contributed by atoms with Gasteiger partial charge in [0.05, 0.1) is 6.54 Å². The Bertz CT molecular complexity index is 630. The van der Waals surface area contributed by atoms with Gasteiger partial charge in [0.1, 0.15) is 5.82 Å². The van der Waals surface area contributed by atoms with Gasteiger partial charge in [0.2, 0.25) is 5.89 Å². The van der Waals surface area contributed by atoms with Gasteiger partial charge >= 0.3 is 0 Å². The topological polar surface area (TPSA) is 64.9 Å². The van der Waals surface area contributed by atoms with Crippen LogP contribution in [0.25, 0.3) is 0 Å². The Morgan fingerprint density at radius 2 is 2.21 bits per heavy atom. The highest BCUT2D eigenvalue weighted by Gasteiger charge is 2.05. The molecule has 2 aromatic rings. The fourth-order valence-electron chi connectivity index (χ4n) is 1.44. The van der Waals surface area contributed by atoms with Crippen LogP contribution in [0.1, 0.15) is 17.0 Å². The molecule has 6 heteroatoms. The molecule has 0 atom stereocenters. The third-order valence-electron chi connectivity index (χ3n) is 2.16. The molecule has 0 saturated heterocycles. The van der Waals surface area contributed by atoms with Gasteiger partial charge in [-0.15, -0.1) is 10.2 Å². The summed E-state index contributed by atoms with van der Waals surface area (Å²) in [6, 6.07) is 4.67. The number of benzene rings is 1. The molecule has 0 unspecified atom stereocenters. The Balaban J connectivity index is 2.09. The van der Waals surface area contributed by atoms with Gasteiger partial charge in [-0.05, 0) is 23.8 Å². The minimum Gasteiger partial charge on any atom is -0.416 e. The molecule has 0 radical (unpaired) electrons. The van der Waals surface area contributed by atoms with E-state index in [1.165, 1.54) is 23.9 Å². The van der Waals surface area contributed by atoms with E-state index < -0.39 is 0 Å². The van der Waals surface area contributed by atoms with Gasteiger partial charge in [0.15, 0.2) is 0 Å². The van der Waals surface area contributed by atoms with Crippen molar-refractivity contribution in [2.45, 2.75) is 17.9 Å². The molecule has 0 fully saturated rings. The molecule has 2 N–H and O–H groups in total. The molecule has 4 nitrogen and oxygen atoms in total. The number of hydrogen-bond acceptors (Lipinski definition) is 5. The lowest BCUT2D eigenvalue weighted by Gasteiger charge is -2.00. The van der Waals surface area contributed by atoms with E-state index in [0.717, 1.165) is 5.56 Å². The predicted octanol–water partition coefficient (Wildman–Crippen LogP) is 2.12. The highest BCUT2D eigenvalue weighted by molar-refractivity contribution is 7.98. The molecule has 2 rings (SSSR count). The minimum atomic E-state index is -0.318. The van der Waals surface area contributed by atoms with Crippen LogP contribution < -0.4 is 5.73 Å². The van der Waals surface area contributed by atoms with Crippen molar-refractivity contribution in [1.82, 2.24) is 10.2 Å². The van der Waals surface area contributed by atoms with Crippen molar-refractivity contribution < 1.29 is 8.81 Å². The lowest BCUT2D eigenvalue weighted by molar-refractivity contribution is 0.429. The van der Waals surface area contributed by atoms with Crippen LogP contribution in [-0.4, -0.2) is 16.7 Å². The third kappa shape index (κ3) is 4.09. The zero-order valence-corrected chi connectivity index (χ0v) is 11.1. The van der Waals surface area contributed by atoms with Gasteiger partial charge in [-0.2, -0.15) is 0 Å². The Kier molecular flexibility index (Phi) is 4.55. The number of aromatic nitrogens is 2. The summed E-state index contributed by atoms with van der Waals surface area (Å²) in [5.74, 6) is 6.24. The third-order valence-corrected chi connectivity index (χ3v) is 3.05. The molecule has 0 aliphatic rings. The average Bonchev–Trinajstić information content (AvgIpc) is 2.79. The first kappa shape index (κ1) is 13.6. The molecule has 1 heterocycles. The Hall–Kier alpha value is -1.84. The zero-order chi connectivity index (χ0) is 13.7. The van der Waals surface area contributed by atoms with Gasteiger partial charge in [-0.25, -0.2) is 4.39 Å². The quantitative estimate of drug-likeness (QED) is 0.687. The predicted molar refractivity (Wildman–Crippen MR) is 70.9 cm³/mol. The molecule has 0 bridgehead atoms. The van der Waals surface area contributed by atoms with Crippen LogP contribution >= 0.6 is 11.8 Å². The molecule has 1 aromatic carbocycles. The number of thioether (sulfide) groups is 1. The zero-order valence-electron chi connectivity index (χ0n) is 10.3. The summed E-state index contributed by atoms with van der Waals surface area (Å²) in [6.07, 6.45) is 0. The number of aryl methyl sites for hydroxylation is 1. The summed E-state index contributed by atoms with van der Waals surface area (Å²) in [5.41, 5.74) is 6.71. The maximum Gasteiger partial charge on any atom is 0.276 e. The van der Waals surface area contributed by atoms with E-state index in [0.29, 0.717) is 22.4 Å². The van der Waals surface area contributed by atoms with Crippen LogP contribution in [0.2, 0.25) is 0 Å². The normalized spacial score (nSPS) is 10.1. The number of halogens is 1. The molecule has 19 heavy (non-hydrogen) atoms. The maximum atomic E-state index is 13.4. The van der Waals surface area contributed by atoms with E-state index in [4.69, 9.17) is 10.2 Å². The second-order valence-corrected chi connectivity index (χ2v) is 4.66. The molecule has 0 saturated carbocycles. The first-order valence-electron chi connectivity index (χ1n) is 5.58. The fraction of sp³-hybridized carbons (Fsp3) is 0.231. The average molecular weight is 277 g/mol.